The van der Waals surface area contributed by atoms with Crippen LogP contribution in [-0.2, 0) is 0 Å². The average molecular weight is 300 g/mol. The normalized spacial score (nSPS) is 15.5. The van der Waals surface area contributed by atoms with Crippen molar-refractivity contribution >= 4 is 11.8 Å². The maximum absolute atomic E-state index is 11.0. The highest BCUT2D eigenvalue weighted by Gasteiger charge is 2.22. The van der Waals surface area contributed by atoms with Gasteiger partial charge in [-0.1, -0.05) is 6.07 Å². The Bertz CT molecular complexity index is 642. The summed E-state index contributed by atoms with van der Waals surface area (Å²) in [6, 6.07) is 5.04. The van der Waals surface area contributed by atoms with Crippen LogP contribution in [0.3, 0.4) is 0 Å². The lowest BCUT2D eigenvalue weighted by molar-refractivity contribution is 0.0690. The first-order valence-electron chi connectivity index (χ1n) is 7.10. The number of aromatic carboxylic acids is 1. The van der Waals surface area contributed by atoms with Gasteiger partial charge in [-0.25, -0.2) is 14.8 Å². The molecule has 3 heterocycles. The Morgan fingerprint density at radius 3 is 2.77 bits per heavy atom. The Morgan fingerprint density at radius 1 is 1.27 bits per heavy atom. The first kappa shape index (κ1) is 14.2. The molecule has 114 valence electrons. The first-order chi connectivity index (χ1) is 10.7. The summed E-state index contributed by atoms with van der Waals surface area (Å²) >= 11 is 0. The molecule has 1 fully saturated rings. The maximum Gasteiger partial charge on any atom is 0.354 e. The van der Waals surface area contributed by atoms with Gasteiger partial charge in [0.1, 0.15) is 11.9 Å². The van der Waals surface area contributed by atoms with Crippen molar-refractivity contribution in [3.63, 3.8) is 0 Å². The SMILES string of the molecule is O=C(O)c1cccc(N2CCC(Oc3cnccn3)CC2)n1. The van der Waals surface area contributed by atoms with Crippen LogP contribution in [0, 0.1) is 0 Å². The summed E-state index contributed by atoms with van der Waals surface area (Å²) in [5.74, 6) is 0.215. The molecule has 0 aromatic carbocycles. The summed E-state index contributed by atoms with van der Waals surface area (Å²) in [6.45, 7) is 1.53. The molecule has 1 aliphatic rings. The quantitative estimate of drug-likeness (QED) is 0.917. The zero-order valence-corrected chi connectivity index (χ0v) is 11.9. The van der Waals surface area contributed by atoms with Crippen LogP contribution in [-0.4, -0.2) is 45.2 Å². The number of hydrogen-bond acceptors (Lipinski definition) is 6. The molecule has 0 saturated carbocycles. The molecule has 2 aromatic rings. The van der Waals surface area contributed by atoms with Crippen molar-refractivity contribution in [1.29, 1.82) is 0 Å². The zero-order valence-electron chi connectivity index (χ0n) is 11.9. The summed E-state index contributed by atoms with van der Waals surface area (Å²) in [5.41, 5.74) is 0.0652. The molecule has 0 aliphatic carbocycles. The summed E-state index contributed by atoms with van der Waals surface area (Å²) in [6.07, 6.45) is 6.56. The van der Waals surface area contributed by atoms with Crippen LogP contribution in [0.15, 0.2) is 36.8 Å². The molecule has 7 nitrogen and oxygen atoms in total. The fourth-order valence-electron chi connectivity index (χ4n) is 2.44. The number of rotatable bonds is 4. The van der Waals surface area contributed by atoms with Gasteiger partial charge >= 0.3 is 5.97 Å². The predicted molar refractivity (Wildman–Crippen MR) is 79.1 cm³/mol. The molecule has 0 radical (unpaired) electrons. The Balaban J connectivity index is 1.60. The molecule has 0 unspecified atom stereocenters. The van der Waals surface area contributed by atoms with Crippen LogP contribution < -0.4 is 9.64 Å². The van der Waals surface area contributed by atoms with E-state index in [-0.39, 0.29) is 11.8 Å². The lowest BCUT2D eigenvalue weighted by Crippen LogP contribution is -2.39. The van der Waals surface area contributed by atoms with Crippen molar-refractivity contribution in [3.8, 4) is 5.88 Å². The minimum atomic E-state index is -1.01. The number of ether oxygens (including phenoxy) is 1. The topological polar surface area (TPSA) is 88.4 Å². The predicted octanol–water partition coefficient (Wildman–Crippen LogP) is 1.62. The minimum absolute atomic E-state index is 0.0652. The van der Waals surface area contributed by atoms with Crippen molar-refractivity contribution in [2.45, 2.75) is 18.9 Å². The van der Waals surface area contributed by atoms with Crippen LogP contribution in [0.1, 0.15) is 23.3 Å². The van der Waals surface area contributed by atoms with E-state index in [1.54, 1.807) is 24.7 Å². The van der Waals surface area contributed by atoms with E-state index >= 15 is 0 Å². The third kappa shape index (κ3) is 3.30. The number of carboxylic acid groups (broad SMARTS) is 1. The molecule has 3 rings (SSSR count). The number of pyridine rings is 1. The second-order valence-electron chi connectivity index (χ2n) is 5.03. The van der Waals surface area contributed by atoms with Gasteiger partial charge in [-0.05, 0) is 12.1 Å². The minimum Gasteiger partial charge on any atom is -0.477 e. The van der Waals surface area contributed by atoms with Crippen LogP contribution >= 0.6 is 0 Å². The highest BCUT2D eigenvalue weighted by atomic mass is 16.5. The number of carboxylic acids is 1. The van der Waals surface area contributed by atoms with E-state index in [0.29, 0.717) is 11.7 Å². The number of aromatic nitrogens is 3. The lowest BCUT2D eigenvalue weighted by atomic mass is 10.1. The van der Waals surface area contributed by atoms with E-state index in [9.17, 15) is 4.79 Å². The van der Waals surface area contributed by atoms with E-state index in [1.165, 1.54) is 6.07 Å². The Kier molecular flexibility index (Phi) is 4.13. The largest absolute Gasteiger partial charge is 0.477 e. The smallest absolute Gasteiger partial charge is 0.354 e. The van der Waals surface area contributed by atoms with Crippen LogP contribution in [0.5, 0.6) is 5.88 Å². The highest BCUT2D eigenvalue weighted by molar-refractivity contribution is 5.85. The van der Waals surface area contributed by atoms with Crippen LogP contribution in [0.4, 0.5) is 5.82 Å². The molecular weight excluding hydrogens is 284 g/mol. The summed E-state index contributed by atoms with van der Waals surface area (Å²) in [5, 5.41) is 9.00. The number of hydrogen-bond donors (Lipinski definition) is 1. The monoisotopic (exact) mass is 300 g/mol. The summed E-state index contributed by atoms with van der Waals surface area (Å²) < 4.78 is 5.79. The van der Waals surface area contributed by atoms with E-state index in [4.69, 9.17) is 9.84 Å². The van der Waals surface area contributed by atoms with Gasteiger partial charge in [0.05, 0.1) is 6.20 Å². The first-order valence-corrected chi connectivity index (χ1v) is 7.10. The van der Waals surface area contributed by atoms with Gasteiger partial charge in [0.25, 0.3) is 0 Å². The lowest BCUT2D eigenvalue weighted by Gasteiger charge is -2.32. The zero-order chi connectivity index (χ0) is 15.4. The molecule has 2 aromatic heterocycles. The molecule has 1 N–H and O–H groups in total. The summed E-state index contributed by atoms with van der Waals surface area (Å²) in [4.78, 5) is 25.3. The molecule has 1 saturated heterocycles. The van der Waals surface area contributed by atoms with Crippen molar-refractivity contribution in [2.75, 3.05) is 18.0 Å². The number of piperidine rings is 1. The second-order valence-corrected chi connectivity index (χ2v) is 5.03. The molecule has 0 amide bonds. The molecule has 7 heteroatoms. The van der Waals surface area contributed by atoms with Gasteiger partial charge in [-0.15, -0.1) is 0 Å². The maximum atomic E-state index is 11.0. The number of anilines is 1. The van der Waals surface area contributed by atoms with Gasteiger partial charge in [0, 0.05) is 38.3 Å². The standard InChI is InChI=1S/C15H16N4O3/c20-15(21)12-2-1-3-13(18-12)19-8-4-11(5-9-19)22-14-10-16-6-7-17-14/h1-3,6-7,10-11H,4-5,8-9H2,(H,20,21). The Morgan fingerprint density at radius 2 is 2.09 bits per heavy atom. The number of nitrogens with zero attached hydrogens (tertiary/aromatic N) is 4. The molecule has 22 heavy (non-hydrogen) atoms. The van der Waals surface area contributed by atoms with Gasteiger partial charge in [0.15, 0.2) is 5.69 Å². The van der Waals surface area contributed by atoms with Crippen molar-refractivity contribution in [1.82, 2.24) is 15.0 Å². The summed E-state index contributed by atoms with van der Waals surface area (Å²) in [7, 11) is 0. The van der Waals surface area contributed by atoms with Gasteiger partial charge in [-0.2, -0.15) is 0 Å². The van der Waals surface area contributed by atoms with Gasteiger partial charge < -0.3 is 14.7 Å². The van der Waals surface area contributed by atoms with E-state index in [1.807, 2.05) is 6.07 Å². The fourth-order valence-corrected chi connectivity index (χ4v) is 2.44. The van der Waals surface area contributed by atoms with Crippen molar-refractivity contribution in [2.24, 2.45) is 0 Å². The molecule has 0 spiro atoms. The average Bonchev–Trinajstić information content (AvgIpc) is 2.56. The fraction of sp³-hybridized carbons (Fsp3) is 0.333. The van der Waals surface area contributed by atoms with Crippen LogP contribution in [0.25, 0.3) is 0 Å². The van der Waals surface area contributed by atoms with Crippen molar-refractivity contribution < 1.29 is 14.6 Å². The van der Waals surface area contributed by atoms with Gasteiger partial charge in [0.2, 0.25) is 5.88 Å². The van der Waals surface area contributed by atoms with Gasteiger partial charge in [-0.3, -0.25) is 4.98 Å². The molecule has 0 bridgehead atoms. The number of carbonyl (C=O) groups is 1. The Labute approximate surface area is 127 Å². The molecule has 0 atom stereocenters. The van der Waals surface area contributed by atoms with Crippen molar-refractivity contribution in [3.05, 3.63) is 42.5 Å². The molecular formula is C15H16N4O3. The highest BCUT2D eigenvalue weighted by Crippen LogP contribution is 2.21. The second kappa shape index (κ2) is 6.38. The van der Waals surface area contributed by atoms with Crippen LogP contribution in [0.2, 0.25) is 0 Å². The molecule has 1 aliphatic heterocycles. The van der Waals surface area contributed by atoms with E-state index in [2.05, 4.69) is 19.9 Å². The third-order valence-electron chi connectivity index (χ3n) is 3.55. The van der Waals surface area contributed by atoms with E-state index < -0.39 is 5.97 Å². The van der Waals surface area contributed by atoms with E-state index in [0.717, 1.165) is 25.9 Å². The third-order valence-corrected chi connectivity index (χ3v) is 3.55. The Hall–Kier alpha value is -2.70.